The van der Waals surface area contributed by atoms with E-state index in [2.05, 4.69) is 15.9 Å². The molecule has 1 aromatic rings. The highest BCUT2D eigenvalue weighted by Crippen LogP contribution is 2.28. The molecule has 0 heterocycles. The highest BCUT2D eigenvalue weighted by atomic mass is 79.9. The average molecular weight is 323 g/mol. The van der Waals surface area contributed by atoms with Crippen molar-refractivity contribution in [3.05, 3.63) is 33.8 Å². The second-order valence-corrected chi connectivity index (χ2v) is 3.84. The van der Waals surface area contributed by atoms with Gasteiger partial charge in [0, 0.05) is 18.0 Å². The molecule has 16 heavy (non-hydrogen) atoms. The number of nitrogens with two attached hydrogens (primary N) is 1. The van der Waals surface area contributed by atoms with E-state index in [4.69, 9.17) is 5.73 Å². The third-order valence-corrected chi connectivity index (χ3v) is 2.49. The number of alkyl halides is 2. The summed E-state index contributed by atoms with van der Waals surface area (Å²) >= 11 is 2.83. The van der Waals surface area contributed by atoms with Crippen LogP contribution in [-0.4, -0.2) is 6.43 Å². The van der Waals surface area contributed by atoms with Gasteiger partial charge in [0.2, 0.25) is 6.43 Å². The standard InChI is InChI=1S/C9H8BrF4N.ClH/c10-4-1-2-5(11)8(9(4)14)6(15)3-7(12)13;/h1-2,6-7H,3,15H2;1H/t6-;/m1./s1. The Labute approximate surface area is 105 Å². The van der Waals surface area contributed by atoms with Gasteiger partial charge in [0.1, 0.15) is 11.6 Å². The molecule has 0 radical (unpaired) electrons. The summed E-state index contributed by atoms with van der Waals surface area (Å²) in [4.78, 5) is 0. The van der Waals surface area contributed by atoms with Crippen molar-refractivity contribution in [2.24, 2.45) is 5.73 Å². The van der Waals surface area contributed by atoms with Gasteiger partial charge in [-0.3, -0.25) is 0 Å². The molecule has 7 heteroatoms. The van der Waals surface area contributed by atoms with Crippen LogP contribution in [0.2, 0.25) is 0 Å². The summed E-state index contributed by atoms with van der Waals surface area (Å²) in [5.41, 5.74) is 4.78. The van der Waals surface area contributed by atoms with Gasteiger partial charge >= 0.3 is 0 Å². The molecule has 0 aliphatic rings. The molecule has 1 rings (SSSR count). The topological polar surface area (TPSA) is 26.0 Å². The number of hydrogen-bond donors (Lipinski definition) is 1. The van der Waals surface area contributed by atoms with Gasteiger partial charge in [-0.25, -0.2) is 17.6 Å². The summed E-state index contributed by atoms with van der Waals surface area (Å²) in [7, 11) is 0. The Bertz CT molecular complexity index is 362. The average Bonchev–Trinajstić information content (AvgIpc) is 2.11. The van der Waals surface area contributed by atoms with Crippen molar-refractivity contribution in [2.75, 3.05) is 0 Å². The van der Waals surface area contributed by atoms with Crippen LogP contribution >= 0.6 is 28.3 Å². The Morgan fingerprint density at radius 3 is 2.31 bits per heavy atom. The maximum absolute atomic E-state index is 13.4. The summed E-state index contributed by atoms with van der Waals surface area (Å²) in [6.45, 7) is 0. The van der Waals surface area contributed by atoms with E-state index in [0.717, 1.165) is 12.1 Å². The van der Waals surface area contributed by atoms with E-state index in [-0.39, 0.29) is 16.9 Å². The van der Waals surface area contributed by atoms with Crippen LogP contribution in [0.1, 0.15) is 18.0 Å². The van der Waals surface area contributed by atoms with Crippen molar-refractivity contribution >= 4 is 28.3 Å². The van der Waals surface area contributed by atoms with E-state index in [1.165, 1.54) is 0 Å². The molecule has 0 saturated heterocycles. The van der Waals surface area contributed by atoms with Gasteiger partial charge in [-0.05, 0) is 28.1 Å². The molecular formula is C9H9BrClF4N. The minimum absolute atomic E-state index is 0. The molecule has 1 nitrogen and oxygen atoms in total. The first-order valence-corrected chi connectivity index (χ1v) is 4.90. The first-order valence-electron chi connectivity index (χ1n) is 4.10. The Kier molecular flexibility index (Phi) is 6.28. The minimum atomic E-state index is -2.70. The third-order valence-electron chi connectivity index (χ3n) is 1.88. The normalized spacial score (nSPS) is 12.4. The summed E-state index contributed by atoms with van der Waals surface area (Å²) in [5.74, 6) is -1.84. The zero-order valence-electron chi connectivity index (χ0n) is 7.89. The molecule has 2 N–H and O–H groups in total. The van der Waals surface area contributed by atoms with E-state index in [9.17, 15) is 17.6 Å². The van der Waals surface area contributed by atoms with Gasteiger partial charge < -0.3 is 5.73 Å². The molecule has 0 saturated carbocycles. The van der Waals surface area contributed by atoms with Gasteiger partial charge in [0.25, 0.3) is 0 Å². The number of benzene rings is 1. The maximum atomic E-state index is 13.4. The fourth-order valence-electron chi connectivity index (χ4n) is 1.19. The first kappa shape index (κ1) is 15.7. The van der Waals surface area contributed by atoms with Crippen molar-refractivity contribution in [2.45, 2.75) is 18.9 Å². The first-order chi connectivity index (χ1) is 6.93. The fraction of sp³-hybridized carbons (Fsp3) is 0.333. The van der Waals surface area contributed by atoms with Crippen molar-refractivity contribution in [1.29, 1.82) is 0 Å². The molecular weight excluding hydrogens is 313 g/mol. The van der Waals surface area contributed by atoms with Crippen molar-refractivity contribution in [1.82, 2.24) is 0 Å². The predicted octanol–water partition coefficient (Wildman–Crippen LogP) is 3.80. The van der Waals surface area contributed by atoms with Gasteiger partial charge in [-0.15, -0.1) is 12.4 Å². The largest absolute Gasteiger partial charge is 0.324 e. The third kappa shape index (κ3) is 3.61. The van der Waals surface area contributed by atoms with E-state index < -0.39 is 36.1 Å². The molecule has 0 fully saturated rings. The lowest BCUT2D eigenvalue weighted by molar-refractivity contribution is 0.127. The second-order valence-electron chi connectivity index (χ2n) is 2.99. The van der Waals surface area contributed by atoms with Gasteiger partial charge in [-0.1, -0.05) is 0 Å². The second kappa shape index (κ2) is 6.42. The van der Waals surface area contributed by atoms with Crippen LogP contribution in [0.4, 0.5) is 17.6 Å². The molecule has 0 amide bonds. The van der Waals surface area contributed by atoms with Crippen LogP contribution < -0.4 is 5.73 Å². The summed E-state index contributed by atoms with van der Waals surface area (Å²) in [5, 5.41) is 0. The number of halogens is 6. The van der Waals surface area contributed by atoms with Crippen LogP contribution in [0.25, 0.3) is 0 Å². The molecule has 1 aromatic carbocycles. The maximum Gasteiger partial charge on any atom is 0.240 e. The number of rotatable bonds is 3. The molecule has 0 unspecified atom stereocenters. The summed E-state index contributed by atoms with van der Waals surface area (Å²) in [6.07, 6.45) is -3.47. The smallest absolute Gasteiger partial charge is 0.240 e. The van der Waals surface area contributed by atoms with Gasteiger partial charge in [-0.2, -0.15) is 0 Å². The van der Waals surface area contributed by atoms with E-state index in [1.807, 2.05) is 0 Å². The molecule has 0 aromatic heterocycles. The van der Waals surface area contributed by atoms with E-state index >= 15 is 0 Å². The van der Waals surface area contributed by atoms with Crippen LogP contribution in [-0.2, 0) is 0 Å². The molecule has 0 aliphatic heterocycles. The monoisotopic (exact) mass is 321 g/mol. The van der Waals surface area contributed by atoms with Crippen LogP contribution in [0.5, 0.6) is 0 Å². The van der Waals surface area contributed by atoms with Crippen LogP contribution in [0.3, 0.4) is 0 Å². The van der Waals surface area contributed by atoms with E-state index in [0.29, 0.717) is 0 Å². The van der Waals surface area contributed by atoms with Crippen LogP contribution in [0, 0.1) is 11.6 Å². The predicted molar refractivity (Wildman–Crippen MR) is 58.9 cm³/mol. The molecule has 0 bridgehead atoms. The molecule has 92 valence electrons. The molecule has 1 atom stereocenters. The zero-order valence-corrected chi connectivity index (χ0v) is 10.3. The SMILES string of the molecule is Cl.N[C@H](CC(F)F)c1c(F)ccc(Br)c1F. The summed E-state index contributed by atoms with van der Waals surface area (Å²) < 4.78 is 50.5. The Balaban J connectivity index is 0.00000225. The highest BCUT2D eigenvalue weighted by molar-refractivity contribution is 9.10. The van der Waals surface area contributed by atoms with Crippen molar-refractivity contribution in [3.63, 3.8) is 0 Å². The van der Waals surface area contributed by atoms with Gasteiger partial charge in [0.15, 0.2) is 0 Å². The Hall–Kier alpha value is -0.330. The lowest BCUT2D eigenvalue weighted by atomic mass is 10.0. The Morgan fingerprint density at radius 2 is 1.81 bits per heavy atom. The summed E-state index contributed by atoms with van der Waals surface area (Å²) in [6, 6.07) is 0.791. The van der Waals surface area contributed by atoms with Gasteiger partial charge in [0.05, 0.1) is 4.47 Å². The highest BCUT2D eigenvalue weighted by Gasteiger charge is 2.21. The number of hydrogen-bond acceptors (Lipinski definition) is 1. The fourth-order valence-corrected chi connectivity index (χ4v) is 1.54. The Morgan fingerprint density at radius 1 is 1.25 bits per heavy atom. The molecule has 0 spiro atoms. The minimum Gasteiger partial charge on any atom is -0.324 e. The quantitative estimate of drug-likeness (QED) is 0.665. The van der Waals surface area contributed by atoms with Crippen molar-refractivity contribution in [3.8, 4) is 0 Å². The molecule has 0 aliphatic carbocycles. The lowest BCUT2D eigenvalue weighted by Gasteiger charge is -2.13. The zero-order chi connectivity index (χ0) is 11.6. The van der Waals surface area contributed by atoms with Crippen molar-refractivity contribution < 1.29 is 17.6 Å². The van der Waals surface area contributed by atoms with Crippen LogP contribution in [0.15, 0.2) is 16.6 Å². The van der Waals surface area contributed by atoms with E-state index in [1.54, 1.807) is 0 Å². The lowest BCUT2D eigenvalue weighted by Crippen LogP contribution is -2.17.